The van der Waals surface area contributed by atoms with Crippen molar-refractivity contribution in [3.05, 3.63) is 24.3 Å². The summed E-state index contributed by atoms with van der Waals surface area (Å²) >= 11 is 0. The Morgan fingerprint density at radius 1 is 0.929 bits per heavy atom. The first kappa shape index (κ1) is 20.0. The van der Waals surface area contributed by atoms with Crippen molar-refractivity contribution in [1.82, 2.24) is 9.80 Å². The van der Waals surface area contributed by atoms with Gasteiger partial charge in [-0.1, -0.05) is 6.07 Å². The second kappa shape index (κ2) is 8.60. The summed E-state index contributed by atoms with van der Waals surface area (Å²) in [6.07, 6.45) is 2.58. The summed E-state index contributed by atoms with van der Waals surface area (Å²) in [5.74, 6) is 1.02. The molecule has 3 aliphatic rings. The van der Waals surface area contributed by atoms with E-state index < -0.39 is 0 Å². The predicted octanol–water partition coefficient (Wildman–Crippen LogP) is 3.24. The smallest absolute Gasteiger partial charge is 0.121 e. The molecule has 28 heavy (non-hydrogen) atoms. The molecule has 0 N–H and O–H groups in total. The first-order valence-electron chi connectivity index (χ1n) is 11.1. The van der Waals surface area contributed by atoms with Gasteiger partial charge in [-0.05, 0) is 52.7 Å². The molecule has 0 radical (unpaired) electrons. The number of fused-ring (bicyclic) bond motifs is 2. The van der Waals surface area contributed by atoms with E-state index in [0.29, 0.717) is 30.3 Å². The maximum absolute atomic E-state index is 6.40. The molecule has 0 spiro atoms. The summed E-state index contributed by atoms with van der Waals surface area (Å²) in [5, 5.41) is 0. The molecule has 5 heteroatoms. The molecule has 0 unspecified atom stereocenters. The third kappa shape index (κ3) is 4.32. The van der Waals surface area contributed by atoms with Gasteiger partial charge in [-0.2, -0.15) is 0 Å². The van der Waals surface area contributed by atoms with Gasteiger partial charge in [0.1, 0.15) is 11.9 Å². The van der Waals surface area contributed by atoms with E-state index in [1.165, 1.54) is 5.69 Å². The molecular formula is C23H37N3O2. The number of likely N-dealkylation sites (tertiary alicyclic amines) is 1. The SMILES string of the molecule is CC(C)N1CCC(Oc2cccc(N3[C@H]4COC[C@H]3CN(C(C)C)C4)c2)CC1. The minimum atomic E-state index is 0.339. The Morgan fingerprint density at radius 2 is 1.57 bits per heavy atom. The van der Waals surface area contributed by atoms with Gasteiger partial charge in [-0.15, -0.1) is 0 Å². The van der Waals surface area contributed by atoms with Crippen molar-refractivity contribution in [2.45, 2.75) is 70.8 Å². The molecular weight excluding hydrogens is 350 g/mol. The van der Waals surface area contributed by atoms with Crippen molar-refractivity contribution in [2.75, 3.05) is 44.3 Å². The Hall–Kier alpha value is -1.30. The minimum absolute atomic E-state index is 0.339. The highest BCUT2D eigenvalue weighted by Crippen LogP contribution is 2.32. The molecule has 2 bridgehead atoms. The first-order chi connectivity index (χ1) is 13.5. The Kier molecular flexibility index (Phi) is 6.14. The number of piperazine rings is 1. The topological polar surface area (TPSA) is 28.2 Å². The van der Waals surface area contributed by atoms with Crippen LogP contribution in [0.4, 0.5) is 5.69 Å². The van der Waals surface area contributed by atoms with Gasteiger partial charge in [0, 0.05) is 50.0 Å². The average molecular weight is 388 g/mol. The second-order valence-electron chi connectivity index (χ2n) is 9.24. The van der Waals surface area contributed by atoms with Crippen LogP contribution in [0.25, 0.3) is 0 Å². The van der Waals surface area contributed by atoms with Crippen LogP contribution < -0.4 is 9.64 Å². The number of piperidine rings is 1. The number of hydrogen-bond acceptors (Lipinski definition) is 5. The molecule has 0 saturated carbocycles. The summed E-state index contributed by atoms with van der Waals surface area (Å²) in [6, 6.07) is 10.9. The van der Waals surface area contributed by atoms with Gasteiger partial charge in [0.25, 0.3) is 0 Å². The lowest BCUT2D eigenvalue weighted by atomic mass is 10.0. The maximum atomic E-state index is 6.40. The fourth-order valence-electron chi connectivity index (χ4n) is 4.96. The van der Waals surface area contributed by atoms with E-state index in [1.54, 1.807) is 0 Å². The molecule has 0 aromatic heterocycles. The molecule has 4 rings (SSSR count). The number of anilines is 1. The molecule has 3 aliphatic heterocycles. The molecule has 0 amide bonds. The molecule has 1 aromatic rings. The Bertz CT molecular complexity index is 628. The number of morpholine rings is 1. The predicted molar refractivity (Wildman–Crippen MR) is 114 cm³/mol. The number of hydrogen-bond donors (Lipinski definition) is 0. The van der Waals surface area contributed by atoms with Gasteiger partial charge >= 0.3 is 0 Å². The van der Waals surface area contributed by atoms with Crippen LogP contribution in [0.15, 0.2) is 24.3 Å². The lowest BCUT2D eigenvalue weighted by Crippen LogP contribution is -2.65. The summed E-state index contributed by atoms with van der Waals surface area (Å²) in [4.78, 5) is 7.74. The minimum Gasteiger partial charge on any atom is -0.490 e. The fourth-order valence-corrected chi connectivity index (χ4v) is 4.96. The summed E-state index contributed by atoms with van der Waals surface area (Å²) in [7, 11) is 0. The van der Waals surface area contributed by atoms with Crippen LogP contribution in [0.3, 0.4) is 0 Å². The van der Waals surface area contributed by atoms with E-state index in [0.717, 1.165) is 58.0 Å². The highest BCUT2D eigenvalue weighted by Gasteiger charge is 2.39. The van der Waals surface area contributed by atoms with Crippen molar-refractivity contribution in [3.8, 4) is 5.75 Å². The first-order valence-corrected chi connectivity index (χ1v) is 11.1. The van der Waals surface area contributed by atoms with Crippen LogP contribution in [0.2, 0.25) is 0 Å². The van der Waals surface area contributed by atoms with Crippen LogP contribution in [-0.4, -0.2) is 79.5 Å². The van der Waals surface area contributed by atoms with E-state index in [-0.39, 0.29) is 0 Å². The molecule has 3 fully saturated rings. The van der Waals surface area contributed by atoms with Gasteiger partial charge in [0.15, 0.2) is 0 Å². The fraction of sp³-hybridized carbons (Fsp3) is 0.739. The van der Waals surface area contributed by atoms with Crippen molar-refractivity contribution in [3.63, 3.8) is 0 Å². The highest BCUT2D eigenvalue weighted by molar-refractivity contribution is 5.53. The molecule has 3 heterocycles. The van der Waals surface area contributed by atoms with Crippen molar-refractivity contribution < 1.29 is 9.47 Å². The Morgan fingerprint density at radius 3 is 2.18 bits per heavy atom. The van der Waals surface area contributed by atoms with Crippen molar-refractivity contribution in [1.29, 1.82) is 0 Å². The number of benzene rings is 1. The molecule has 3 saturated heterocycles. The van der Waals surface area contributed by atoms with Crippen molar-refractivity contribution in [2.24, 2.45) is 0 Å². The number of nitrogens with zero attached hydrogens (tertiary/aromatic N) is 3. The molecule has 2 atom stereocenters. The van der Waals surface area contributed by atoms with E-state index in [4.69, 9.17) is 9.47 Å². The van der Waals surface area contributed by atoms with Crippen LogP contribution in [0.1, 0.15) is 40.5 Å². The Balaban J connectivity index is 1.43. The molecule has 5 nitrogen and oxygen atoms in total. The van der Waals surface area contributed by atoms with E-state index in [9.17, 15) is 0 Å². The lowest BCUT2D eigenvalue weighted by Gasteiger charge is -2.52. The zero-order valence-corrected chi connectivity index (χ0v) is 18.0. The number of ether oxygens (including phenoxy) is 2. The largest absolute Gasteiger partial charge is 0.490 e. The second-order valence-corrected chi connectivity index (χ2v) is 9.24. The van der Waals surface area contributed by atoms with Gasteiger partial charge < -0.3 is 19.3 Å². The van der Waals surface area contributed by atoms with E-state index in [2.05, 4.69) is 66.7 Å². The van der Waals surface area contributed by atoms with Crippen LogP contribution in [0.5, 0.6) is 5.75 Å². The zero-order valence-electron chi connectivity index (χ0n) is 18.0. The normalized spacial score (nSPS) is 27.6. The third-order valence-corrected chi connectivity index (χ3v) is 6.65. The molecule has 1 aromatic carbocycles. The monoisotopic (exact) mass is 387 g/mol. The summed E-state index contributed by atoms with van der Waals surface area (Å²) in [5.41, 5.74) is 1.29. The summed E-state index contributed by atoms with van der Waals surface area (Å²) in [6.45, 7) is 15.2. The van der Waals surface area contributed by atoms with Crippen LogP contribution in [0, 0.1) is 0 Å². The van der Waals surface area contributed by atoms with Gasteiger partial charge in [-0.3, -0.25) is 4.90 Å². The van der Waals surface area contributed by atoms with E-state index in [1.807, 2.05) is 0 Å². The standard InChI is InChI=1S/C23H37N3O2/c1-17(2)24-10-8-22(9-11-24)28-23-7-5-6-19(12-23)26-20-13-25(18(3)4)14-21(26)16-27-15-20/h5-7,12,17-18,20-22H,8-11,13-16H2,1-4H3/t20-,21-/m1/s1. The quantitative estimate of drug-likeness (QED) is 0.773. The van der Waals surface area contributed by atoms with Gasteiger partial charge in [-0.25, -0.2) is 0 Å². The third-order valence-electron chi connectivity index (χ3n) is 6.65. The van der Waals surface area contributed by atoms with E-state index >= 15 is 0 Å². The number of rotatable bonds is 5. The van der Waals surface area contributed by atoms with Gasteiger partial charge in [0.2, 0.25) is 0 Å². The van der Waals surface area contributed by atoms with Crippen molar-refractivity contribution >= 4 is 5.69 Å². The zero-order chi connectivity index (χ0) is 19.7. The average Bonchev–Trinajstić information content (AvgIpc) is 2.67. The van der Waals surface area contributed by atoms with Crippen LogP contribution >= 0.6 is 0 Å². The lowest BCUT2D eigenvalue weighted by molar-refractivity contribution is 0.00717. The molecule has 156 valence electrons. The maximum Gasteiger partial charge on any atom is 0.121 e. The highest BCUT2D eigenvalue weighted by atomic mass is 16.5. The van der Waals surface area contributed by atoms with Gasteiger partial charge in [0.05, 0.1) is 25.3 Å². The molecule has 0 aliphatic carbocycles. The van der Waals surface area contributed by atoms with Crippen LogP contribution in [-0.2, 0) is 4.74 Å². The summed E-state index contributed by atoms with van der Waals surface area (Å²) < 4.78 is 12.3. The Labute approximate surface area is 170 Å².